The first-order valence-electron chi connectivity index (χ1n) is 4.81. The number of hydrogen-bond acceptors (Lipinski definition) is 7. The molecule has 0 saturated carbocycles. The molecule has 1 rings (SSSR count). The number of rotatable bonds is 5. The van der Waals surface area contributed by atoms with Crippen LogP contribution in [-0.4, -0.2) is 61.5 Å². The van der Waals surface area contributed by atoms with E-state index in [1.807, 2.05) is 0 Å². The number of aliphatic hydroxyl groups excluding tert-OH is 4. The quantitative estimate of drug-likeness (QED) is 0.237. The van der Waals surface area contributed by atoms with Gasteiger partial charge in [0, 0.05) is 12.3 Å². The average Bonchev–Trinajstić information content (AvgIpc) is 2.90. The molecule has 1 aromatic rings. The lowest BCUT2D eigenvalue weighted by Crippen LogP contribution is -2.40. The number of hydrogen-bond donors (Lipinski definition) is 5. The standard InChI is InChI=1S/C5H10O5.C4H4N2O2/c6-1-3(8)5(10)4(9)2-7;7-6(8)4-1-2-5-3-4/h1,3-5,7-10H,2H2;1-3,5H/t3-,4+,5-;/m0./s1. The number of carbonyl (C=O) groups excluding carboxylic acids is 1. The lowest BCUT2D eigenvalue weighted by atomic mass is 10.1. The number of H-pyrrole nitrogens is 1. The average molecular weight is 262 g/mol. The van der Waals surface area contributed by atoms with Crippen molar-refractivity contribution in [1.82, 2.24) is 4.98 Å². The molecule has 0 aliphatic carbocycles. The van der Waals surface area contributed by atoms with Crippen molar-refractivity contribution in [3.05, 3.63) is 28.6 Å². The van der Waals surface area contributed by atoms with Crippen LogP contribution in [0.15, 0.2) is 18.5 Å². The monoisotopic (exact) mass is 262 g/mol. The summed E-state index contributed by atoms with van der Waals surface area (Å²) < 4.78 is 0. The SMILES string of the molecule is O=C[C@H](O)[C@H](O)[C@H](O)CO.O=[N+]([O-])c1cc[nH]c1. The van der Waals surface area contributed by atoms with Crippen LogP contribution in [0.5, 0.6) is 0 Å². The van der Waals surface area contributed by atoms with Crippen molar-refractivity contribution >= 4 is 12.0 Å². The van der Waals surface area contributed by atoms with Gasteiger partial charge in [0.2, 0.25) is 0 Å². The van der Waals surface area contributed by atoms with E-state index in [0.717, 1.165) is 0 Å². The van der Waals surface area contributed by atoms with Gasteiger partial charge in [-0.1, -0.05) is 0 Å². The molecule has 0 bridgehead atoms. The van der Waals surface area contributed by atoms with Crippen molar-refractivity contribution in [3.8, 4) is 0 Å². The van der Waals surface area contributed by atoms with Crippen molar-refractivity contribution in [2.45, 2.75) is 18.3 Å². The zero-order chi connectivity index (χ0) is 14.1. The van der Waals surface area contributed by atoms with E-state index in [1.54, 1.807) is 0 Å². The van der Waals surface area contributed by atoms with Gasteiger partial charge in [0.25, 0.3) is 5.69 Å². The minimum atomic E-state index is -1.64. The van der Waals surface area contributed by atoms with Crippen LogP contribution in [-0.2, 0) is 4.79 Å². The Morgan fingerprint density at radius 3 is 2.33 bits per heavy atom. The van der Waals surface area contributed by atoms with Gasteiger partial charge in [-0.15, -0.1) is 0 Å². The molecule has 0 aromatic carbocycles. The van der Waals surface area contributed by atoms with Crippen molar-refractivity contribution in [1.29, 1.82) is 0 Å². The molecule has 1 heterocycles. The lowest BCUT2D eigenvalue weighted by Gasteiger charge is -2.16. The Balaban J connectivity index is 0.000000327. The van der Waals surface area contributed by atoms with Gasteiger partial charge in [0.05, 0.1) is 17.7 Å². The molecule has 9 heteroatoms. The Morgan fingerprint density at radius 2 is 2.06 bits per heavy atom. The van der Waals surface area contributed by atoms with Crippen LogP contribution in [0, 0.1) is 10.1 Å². The number of nitrogens with zero attached hydrogens (tertiary/aromatic N) is 1. The molecule has 3 atom stereocenters. The first-order chi connectivity index (χ1) is 8.43. The summed E-state index contributed by atoms with van der Waals surface area (Å²) >= 11 is 0. The molecule has 0 spiro atoms. The molecule has 0 unspecified atom stereocenters. The Kier molecular flexibility index (Phi) is 7.47. The van der Waals surface area contributed by atoms with Crippen LogP contribution in [0.3, 0.4) is 0 Å². The smallest absolute Gasteiger partial charge is 0.286 e. The predicted molar refractivity (Wildman–Crippen MR) is 58.6 cm³/mol. The van der Waals surface area contributed by atoms with Crippen molar-refractivity contribution in [2.75, 3.05) is 6.61 Å². The molecule has 0 aliphatic heterocycles. The third kappa shape index (κ3) is 5.50. The van der Waals surface area contributed by atoms with Crippen LogP contribution in [0.1, 0.15) is 0 Å². The number of aromatic amines is 1. The minimum Gasteiger partial charge on any atom is -0.394 e. The maximum absolute atomic E-state index is 9.85. The van der Waals surface area contributed by atoms with Gasteiger partial charge in [-0.3, -0.25) is 10.1 Å². The summed E-state index contributed by atoms with van der Waals surface area (Å²) in [5.41, 5.74) is 0.102. The van der Waals surface area contributed by atoms with Gasteiger partial charge in [0.1, 0.15) is 18.3 Å². The Bertz CT molecular complexity index is 354. The molecule has 9 nitrogen and oxygen atoms in total. The van der Waals surface area contributed by atoms with Crippen LogP contribution in [0.2, 0.25) is 0 Å². The van der Waals surface area contributed by atoms with Crippen molar-refractivity contribution < 1.29 is 30.1 Å². The highest BCUT2D eigenvalue weighted by atomic mass is 16.6. The van der Waals surface area contributed by atoms with Crippen LogP contribution in [0.25, 0.3) is 0 Å². The summed E-state index contributed by atoms with van der Waals surface area (Å²) in [6.45, 7) is -0.688. The summed E-state index contributed by atoms with van der Waals surface area (Å²) in [5.74, 6) is 0. The summed E-state index contributed by atoms with van der Waals surface area (Å²) in [7, 11) is 0. The van der Waals surface area contributed by atoms with Gasteiger partial charge in [0.15, 0.2) is 6.29 Å². The number of aromatic nitrogens is 1. The van der Waals surface area contributed by atoms with E-state index in [1.165, 1.54) is 18.5 Å². The van der Waals surface area contributed by atoms with E-state index < -0.39 is 29.8 Å². The molecule has 5 N–H and O–H groups in total. The van der Waals surface area contributed by atoms with E-state index in [4.69, 9.17) is 20.4 Å². The highest BCUT2D eigenvalue weighted by Gasteiger charge is 2.22. The molecule has 0 radical (unpaired) electrons. The fourth-order valence-electron chi connectivity index (χ4n) is 0.845. The molecular formula is C9H14N2O7. The molecule has 0 amide bonds. The predicted octanol–water partition coefficient (Wildman–Crippen LogP) is -1.82. The van der Waals surface area contributed by atoms with E-state index >= 15 is 0 Å². The van der Waals surface area contributed by atoms with Crippen molar-refractivity contribution in [2.24, 2.45) is 0 Å². The molecular weight excluding hydrogens is 248 g/mol. The molecule has 102 valence electrons. The van der Waals surface area contributed by atoms with Crippen molar-refractivity contribution in [3.63, 3.8) is 0 Å². The second-order valence-electron chi connectivity index (χ2n) is 3.19. The normalized spacial score (nSPS) is 14.9. The fourth-order valence-corrected chi connectivity index (χ4v) is 0.845. The molecule has 1 aromatic heterocycles. The highest BCUT2D eigenvalue weighted by Crippen LogP contribution is 2.05. The summed E-state index contributed by atoms with van der Waals surface area (Å²) in [5, 5.41) is 43.9. The van der Waals surface area contributed by atoms with Crippen LogP contribution in [0.4, 0.5) is 5.69 Å². The molecule has 0 saturated heterocycles. The van der Waals surface area contributed by atoms with Gasteiger partial charge in [-0.2, -0.15) is 0 Å². The second kappa shape index (κ2) is 8.31. The summed E-state index contributed by atoms with van der Waals surface area (Å²) in [6, 6.07) is 1.40. The third-order valence-electron chi connectivity index (χ3n) is 1.86. The highest BCUT2D eigenvalue weighted by molar-refractivity contribution is 5.56. The number of aldehydes is 1. The zero-order valence-electron chi connectivity index (χ0n) is 9.21. The Labute approximate surface area is 101 Å². The maximum Gasteiger partial charge on any atom is 0.286 e. The summed E-state index contributed by atoms with van der Waals surface area (Å²) in [6.07, 6.45) is -1.79. The Hall–Kier alpha value is -1.81. The topological polar surface area (TPSA) is 157 Å². The van der Waals surface area contributed by atoms with Gasteiger partial charge >= 0.3 is 0 Å². The maximum atomic E-state index is 9.85. The van der Waals surface area contributed by atoms with Crippen LogP contribution >= 0.6 is 0 Å². The Morgan fingerprint density at radius 1 is 1.44 bits per heavy atom. The number of aliphatic hydroxyl groups is 4. The van der Waals surface area contributed by atoms with Crippen LogP contribution < -0.4 is 0 Å². The van der Waals surface area contributed by atoms with E-state index in [9.17, 15) is 14.9 Å². The van der Waals surface area contributed by atoms with E-state index in [-0.39, 0.29) is 12.0 Å². The molecule has 0 fully saturated rings. The second-order valence-corrected chi connectivity index (χ2v) is 3.19. The minimum absolute atomic E-state index is 0.0869. The number of nitrogens with one attached hydrogen (secondary N) is 1. The third-order valence-corrected chi connectivity index (χ3v) is 1.86. The van der Waals surface area contributed by atoms with E-state index in [0.29, 0.717) is 0 Å². The molecule has 0 aliphatic rings. The first-order valence-corrected chi connectivity index (χ1v) is 4.81. The molecule has 18 heavy (non-hydrogen) atoms. The van der Waals surface area contributed by atoms with Gasteiger partial charge in [-0.25, -0.2) is 0 Å². The zero-order valence-corrected chi connectivity index (χ0v) is 9.21. The largest absolute Gasteiger partial charge is 0.394 e. The lowest BCUT2D eigenvalue weighted by molar-refractivity contribution is -0.384. The van der Waals surface area contributed by atoms with Gasteiger partial charge < -0.3 is 30.2 Å². The summed E-state index contributed by atoms with van der Waals surface area (Å²) in [4.78, 5) is 21.7. The number of nitro groups is 1. The first kappa shape index (κ1) is 16.2. The fraction of sp³-hybridized carbons (Fsp3) is 0.444. The van der Waals surface area contributed by atoms with Gasteiger partial charge in [-0.05, 0) is 0 Å². The number of carbonyl (C=O) groups is 1. The van der Waals surface area contributed by atoms with E-state index in [2.05, 4.69) is 4.98 Å².